The average Bonchev–Trinajstić information content (AvgIpc) is 3.25. The zero-order chi connectivity index (χ0) is 26.6. The van der Waals surface area contributed by atoms with Gasteiger partial charge in [-0.05, 0) is 57.2 Å². The number of hydrogen-bond acceptors (Lipinski definition) is 8. The molecule has 0 atom stereocenters. The van der Waals surface area contributed by atoms with E-state index in [0.29, 0.717) is 39.8 Å². The van der Waals surface area contributed by atoms with E-state index in [9.17, 15) is 13.2 Å². The zero-order valence-corrected chi connectivity index (χ0v) is 22.7. The van der Waals surface area contributed by atoms with Crippen LogP contribution in [0.3, 0.4) is 0 Å². The van der Waals surface area contributed by atoms with Gasteiger partial charge in [-0.3, -0.25) is 9.52 Å². The molecule has 0 radical (unpaired) electrons. The van der Waals surface area contributed by atoms with Gasteiger partial charge in [0.05, 0.1) is 15.7 Å². The lowest BCUT2D eigenvalue weighted by molar-refractivity contribution is -0.113. The van der Waals surface area contributed by atoms with Crippen molar-refractivity contribution in [3.8, 4) is 11.4 Å². The minimum Gasteiger partial charge on any atom is -0.325 e. The predicted molar refractivity (Wildman–Crippen MR) is 144 cm³/mol. The van der Waals surface area contributed by atoms with Gasteiger partial charge in [-0.25, -0.2) is 18.4 Å². The first-order valence-corrected chi connectivity index (χ1v) is 14.1. The molecule has 0 fully saturated rings. The number of benzene rings is 2. The Balaban J connectivity index is 1.38. The molecule has 0 aliphatic heterocycles. The number of rotatable bonds is 9. The number of sulfonamides is 1. The van der Waals surface area contributed by atoms with Crippen molar-refractivity contribution in [3.63, 3.8) is 0 Å². The number of aryl methyl sites for hydroxylation is 2. The van der Waals surface area contributed by atoms with Crippen LogP contribution in [0.1, 0.15) is 18.4 Å². The molecule has 0 saturated carbocycles. The van der Waals surface area contributed by atoms with Crippen LogP contribution in [0.4, 0.5) is 11.5 Å². The quantitative estimate of drug-likeness (QED) is 0.286. The van der Waals surface area contributed by atoms with Gasteiger partial charge < -0.3 is 9.88 Å². The van der Waals surface area contributed by atoms with Gasteiger partial charge in [-0.2, -0.15) is 0 Å². The summed E-state index contributed by atoms with van der Waals surface area (Å²) in [7, 11) is -3.85. The average molecular weight is 558 g/mol. The van der Waals surface area contributed by atoms with Crippen LogP contribution in [-0.2, 0) is 21.4 Å². The number of halogens is 1. The molecule has 2 heterocycles. The van der Waals surface area contributed by atoms with E-state index in [1.54, 1.807) is 26.0 Å². The molecule has 4 rings (SSSR count). The van der Waals surface area contributed by atoms with Gasteiger partial charge in [-0.1, -0.05) is 35.5 Å². The van der Waals surface area contributed by atoms with Gasteiger partial charge in [0.1, 0.15) is 11.6 Å². The number of aromatic nitrogens is 5. The lowest BCUT2D eigenvalue weighted by Crippen LogP contribution is -2.16. The molecule has 37 heavy (non-hydrogen) atoms. The maximum absolute atomic E-state index is 12.7. The monoisotopic (exact) mass is 557 g/mol. The van der Waals surface area contributed by atoms with E-state index < -0.39 is 10.0 Å². The summed E-state index contributed by atoms with van der Waals surface area (Å²) in [6, 6.07) is 14.8. The first-order chi connectivity index (χ1) is 17.7. The lowest BCUT2D eigenvalue weighted by Gasteiger charge is -2.10. The second-order valence-corrected chi connectivity index (χ2v) is 11.0. The molecule has 0 unspecified atom stereocenters. The molecule has 2 aromatic carbocycles. The van der Waals surface area contributed by atoms with Gasteiger partial charge in [0, 0.05) is 29.6 Å². The van der Waals surface area contributed by atoms with E-state index in [4.69, 9.17) is 11.6 Å². The summed E-state index contributed by atoms with van der Waals surface area (Å²) in [5.74, 6) is 1.11. The number of carbonyl (C=O) groups is 1. The van der Waals surface area contributed by atoms with E-state index in [1.165, 1.54) is 36.0 Å². The fraction of sp³-hybridized carbons (Fsp3) is 0.208. The Morgan fingerprint density at radius 2 is 1.78 bits per heavy atom. The highest BCUT2D eigenvalue weighted by atomic mass is 35.5. The fourth-order valence-electron chi connectivity index (χ4n) is 3.53. The van der Waals surface area contributed by atoms with Crippen LogP contribution in [0, 0.1) is 13.8 Å². The summed E-state index contributed by atoms with van der Waals surface area (Å²) >= 11 is 7.56. The van der Waals surface area contributed by atoms with Crippen molar-refractivity contribution in [2.24, 2.45) is 0 Å². The molecule has 4 aromatic rings. The van der Waals surface area contributed by atoms with E-state index in [2.05, 4.69) is 30.2 Å². The summed E-state index contributed by atoms with van der Waals surface area (Å²) in [5, 5.41) is 12.4. The highest BCUT2D eigenvalue weighted by Gasteiger charge is 2.18. The van der Waals surface area contributed by atoms with Gasteiger partial charge in [0.25, 0.3) is 10.0 Å². The maximum Gasteiger partial charge on any atom is 0.263 e. The molecule has 0 saturated heterocycles. The molecule has 0 spiro atoms. The van der Waals surface area contributed by atoms with Gasteiger partial charge in [0.2, 0.25) is 5.91 Å². The second-order valence-electron chi connectivity index (χ2n) is 7.94. The molecular formula is C24H24ClN7O3S2. The van der Waals surface area contributed by atoms with E-state index >= 15 is 0 Å². The van der Waals surface area contributed by atoms with Crippen LogP contribution < -0.4 is 10.0 Å². The Morgan fingerprint density at radius 3 is 2.46 bits per heavy atom. The van der Waals surface area contributed by atoms with Crippen LogP contribution in [-0.4, -0.2) is 44.8 Å². The molecule has 1 amide bonds. The minimum atomic E-state index is -3.85. The summed E-state index contributed by atoms with van der Waals surface area (Å²) in [6.45, 7) is 6.01. The van der Waals surface area contributed by atoms with E-state index in [1.807, 2.05) is 29.7 Å². The third-order valence-corrected chi connectivity index (χ3v) is 7.80. The molecular weight excluding hydrogens is 534 g/mol. The Kier molecular flexibility index (Phi) is 8.10. The molecule has 0 bridgehead atoms. The smallest absolute Gasteiger partial charge is 0.263 e. The predicted octanol–water partition coefficient (Wildman–Crippen LogP) is 4.56. The summed E-state index contributed by atoms with van der Waals surface area (Å²) in [6.07, 6.45) is 0. The summed E-state index contributed by atoms with van der Waals surface area (Å²) < 4.78 is 29.8. The summed E-state index contributed by atoms with van der Waals surface area (Å²) in [5.41, 5.74) is 1.88. The van der Waals surface area contributed by atoms with Crippen molar-refractivity contribution in [2.75, 3.05) is 15.8 Å². The third-order valence-electron chi connectivity index (χ3n) is 5.13. The lowest BCUT2D eigenvalue weighted by atomic mass is 10.2. The van der Waals surface area contributed by atoms with Crippen LogP contribution >= 0.6 is 23.4 Å². The molecule has 192 valence electrons. The number of carbonyl (C=O) groups excluding carboxylic acids is 1. The van der Waals surface area contributed by atoms with Gasteiger partial charge in [0.15, 0.2) is 11.0 Å². The molecule has 10 nitrogen and oxygen atoms in total. The molecule has 0 aliphatic rings. The topological polar surface area (TPSA) is 132 Å². The Labute approximate surface area is 224 Å². The van der Waals surface area contributed by atoms with Crippen LogP contribution in [0.2, 0.25) is 5.02 Å². The second kappa shape index (κ2) is 11.3. The first kappa shape index (κ1) is 26.6. The van der Waals surface area contributed by atoms with Gasteiger partial charge in [-0.15, -0.1) is 10.2 Å². The SMILES string of the molecule is CCn1c(SCC(=O)Nc2ccc(S(=O)(=O)Nc3cc(C)nc(C)n3)cc2)nnc1-c1ccccc1Cl. The zero-order valence-electron chi connectivity index (χ0n) is 20.3. The molecule has 2 aromatic heterocycles. The number of thioether (sulfide) groups is 1. The maximum atomic E-state index is 12.7. The summed E-state index contributed by atoms with van der Waals surface area (Å²) in [4.78, 5) is 20.8. The van der Waals surface area contributed by atoms with E-state index in [0.717, 1.165) is 5.56 Å². The minimum absolute atomic E-state index is 0.0388. The van der Waals surface area contributed by atoms with Crippen molar-refractivity contribution >= 4 is 50.8 Å². The van der Waals surface area contributed by atoms with Crippen molar-refractivity contribution in [3.05, 3.63) is 71.1 Å². The number of nitrogens with zero attached hydrogens (tertiary/aromatic N) is 5. The normalized spacial score (nSPS) is 11.4. The highest BCUT2D eigenvalue weighted by Crippen LogP contribution is 2.29. The first-order valence-electron chi connectivity index (χ1n) is 11.2. The Bertz CT molecular complexity index is 1520. The van der Waals surface area contributed by atoms with Crippen LogP contribution in [0.25, 0.3) is 11.4 Å². The Morgan fingerprint density at radius 1 is 1.05 bits per heavy atom. The van der Waals surface area contributed by atoms with Crippen molar-refractivity contribution < 1.29 is 13.2 Å². The molecule has 2 N–H and O–H groups in total. The number of nitrogens with one attached hydrogen (secondary N) is 2. The standard InChI is InChI=1S/C24H24ClN7O3S2/c1-4-32-23(19-7-5-6-8-20(19)25)29-30-24(32)36-14-22(33)28-17-9-11-18(12-10-17)37(34,35)31-21-13-15(2)26-16(3)27-21/h5-13H,4,14H2,1-3H3,(H,28,33)(H,26,27,31). The van der Waals surface area contributed by atoms with Gasteiger partial charge >= 0.3 is 0 Å². The Hall–Kier alpha value is -3.48. The third kappa shape index (κ3) is 6.45. The highest BCUT2D eigenvalue weighted by molar-refractivity contribution is 7.99. The van der Waals surface area contributed by atoms with Crippen molar-refractivity contribution in [2.45, 2.75) is 37.4 Å². The molecule has 0 aliphatic carbocycles. The number of amides is 1. The number of hydrogen-bond donors (Lipinski definition) is 2. The van der Waals surface area contributed by atoms with Crippen LogP contribution in [0.5, 0.6) is 0 Å². The van der Waals surface area contributed by atoms with Crippen LogP contribution in [0.15, 0.2) is 64.6 Å². The van der Waals surface area contributed by atoms with Crippen molar-refractivity contribution in [1.29, 1.82) is 0 Å². The largest absolute Gasteiger partial charge is 0.325 e. The number of anilines is 2. The molecule has 13 heteroatoms. The fourth-order valence-corrected chi connectivity index (χ4v) is 5.55. The van der Waals surface area contributed by atoms with E-state index in [-0.39, 0.29) is 22.4 Å². The van der Waals surface area contributed by atoms with Crippen molar-refractivity contribution in [1.82, 2.24) is 24.7 Å².